The summed E-state index contributed by atoms with van der Waals surface area (Å²) in [5.41, 5.74) is 1.34. The molecular formula is C20H35N3O. The van der Waals surface area contributed by atoms with Crippen LogP contribution in [0.2, 0.25) is 0 Å². The Labute approximate surface area is 148 Å². The molecule has 0 aliphatic carbocycles. The molecule has 4 heteroatoms. The summed E-state index contributed by atoms with van der Waals surface area (Å²) in [4.78, 5) is 7.14. The highest BCUT2D eigenvalue weighted by molar-refractivity contribution is 5.27. The van der Waals surface area contributed by atoms with Gasteiger partial charge in [0, 0.05) is 26.2 Å². The van der Waals surface area contributed by atoms with Crippen molar-refractivity contribution in [3.8, 4) is 5.75 Å². The van der Waals surface area contributed by atoms with Gasteiger partial charge in [0.15, 0.2) is 0 Å². The second kappa shape index (κ2) is 10.7. The van der Waals surface area contributed by atoms with E-state index in [1.165, 1.54) is 44.5 Å². The van der Waals surface area contributed by atoms with Gasteiger partial charge in [0.2, 0.25) is 0 Å². The summed E-state index contributed by atoms with van der Waals surface area (Å²) >= 11 is 0. The van der Waals surface area contributed by atoms with Crippen LogP contribution >= 0.6 is 0 Å². The normalized spacial score (nSPS) is 16.0. The third-order valence-electron chi connectivity index (χ3n) is 4.64. The Morgan fingerprint density at radius 2 is 1.67 bits per heavy atom. The van der Waals surface area contributed by atoms with Gasteiger partial charge in [-0.1, -0.05) is 18.6 Å². The molecule has 136 valence electrons. The Morgan fingerprint density at radius 3 is 2.33 bits per heavy atom. The van der Waals surface area contributed by atoms with Crippen molar-refractivity contribution in [3.05, 3.63) is 29.8 Å². The van der Waals surface area contributed by atoms with Crippen LogP contribution in [-0.2, 0) is 6.54 Å². The van der Waals surface area contributed by atoms with Crippen molar-refractivity contribution < 1.29 is 4.74 Å². The Morgan fingerprint density at radius 1 is 0.958 bits per heavy atom. The van der Waals surface area contributed by atoms with Crippen molar-refractivity contribution in [1.29, 1.82) is 0 Å². The third-order valence-corrected chi connectivity index (χ3v) is 4.64. The van der Waals surface area contributed by atoms with Crippen molar-refractivity contribution in [3.63, 3.8) is 0 Å². The van der Waals surface area contributed by atoms with E-state index in [1.54, 1.807) is 0 Å². The average Bonchev–Trinajstić information content (AvgIpc) is 2.59. The predicted octanol–water partition coefficient (Wildman–Crippen LogP) is 2.93. The van der Waals surface area contributed by atoms with Crippen LogP contribution in [0.3, 0.4) is 0 Å². The Balaban J connectivity index is 1.62. The lowest BCUT2D eigenvalue weighted by Crippen LogP contribution is -2.31. The molecule has 0 radical (unpaired) electrons. The maximum atomic E-state index is 5.89. The van der Waals surface area contributed by atoms with E-state index in [9.17, 15) is 0 Å². The van der Waals surface area contributed by atoms with Crippen LogP contribution in [0.4, 0.5) is 0 Å². The third kappa shape index (κ3) is 7.65. The van der Waals surface area contributed by atoms with Gasteiger partial charge >= 0.3 is 0 Å². The second-order valence-electron chi connectivity index (χ2n) is 7.29. The van der Waals surface area contributed by atoms with E-state index >= 15 is 0 Å². The number of piperidine rings is 1. The summed E-state index contributed by atoms with van der Waals surface area (Å²) in [7, 11) is 6.41. The lowest BCUT2D eigenvalue weighted by molar-refractivity contribution is 0.205. The molecule has 24 heavy (non-hydrogen) atoms. The number of nitrogens with zero attached hydrogens (tertiary/aromatic N) is 3. The van der Waals surface area contributed by atoms with Gasteiger partial charge in [-0.2, -0.15) is 0 Å². The van der Waals surface area contributed by atoms with Crippen molar-refractivity contribution in [2.45, 2.75) is 32.2 Å². The first-order valence-corrected chi connectivity index (χ1v) is 9.41. The zero-order valence-corrected chi connectivity index (χ0v) is 15.8. The first kappa shape index (κ1) is 19.2. The fourth-order valence-electron chi connectivity index (χ4n) is 3.11. The minimum Gasteiger partial charge on any atom is -0.494 e. The summed E-state index contributed by atoms with van der Waals surface area (Å²) < 4.78 is 5.89. The van der Waals surface area contributed by atoms with Crippen molar-refractivity contribution >= 4 is 0 Å². The van der Waals surface area contributed by atoms with E-state index in [1.807, 2.05) is 0 Å². The predicted molar refractivity (Wildman–Crippen MR) is 102 cm³/mol. The second-order valence-corrected chi connectivity index (χ2v) is 7.29. The van der Waals surface area contributed by atoms with Crippen molar-refractivity contribution in [2.75, 3.05) is 60.5 Å². The molecule has 0 aromatic heterocycles. The van der Waals surface area contributed by atoms with Crippen LogP contribution < -0.4 is 4.74 Å². The molecule has 1 aliphatic rings. The number of benzene rings is 1. The first-order chi connectivity index (χ1) is 11.6. The molecule has 2 rings (SSSR count). The molecule has 0 amide bonds. The minimum atomic E-state index is 0.818. The molecular weight excluding hydrogens is 298 g/mol. The van der Waals surface area contributed by atoms with Gasteiger partial charge in [0.1, 0.15) is 5.75 Å². The monoisotopic (exact) mass is 333 g/mol. The summed E-state index contributed by atoms with van der Waals surface area (Å²) in [5, 5.41) is 0. The molecule has 1 aromatic carbocycles. The largest absolute Gasteiger partial charge is 0.494 e. The molecule has 0 saturated carbocycles. The molecule has 1 saturated heterocycles. The quantitative estimate of drug-likeness (QED) is 0.613. The summed E-state index contributed by atoms with van der Waals surface area (Å²) in [6, 6.07) is 8.59. The molecule has 4 nitrogen and oxygen atoms in total. The highest BCUT2D eigenvalue weighted by Crippen LogP contribution is 2.14. The number of likely N-dealkylation sites (N-methyl/N-ethyl adjacent to an activating group) is 2. The lowest BCUT2D eigenvalue weighted by Gasteiger charge is -2.26. The Bertz CT molecular complexity index is 441. The van der Waals surface area contributed by atoms with E-state index in [4.69, 9.17) is 4.74 Å². The highest BCUT2D eigenvalue weighted by atomic mass is 16.5. The van der Waals surface area contributed by atoms with Crippen LogP contribution in [0.1, 0.15) is 31.2 Å². The fourth-order valence-corrected chi connectivity index (χ4v) is 3.11. The van der Waals surface area contributed by atoms with Crippen LogP contribution in [-0.4, -0.2) is 75.2 Å². The Kier molecular flexibility index (Phi) is 8.57. The van der Waals surface area contributed by atoms with Gasteiger partial charge in [-0.3, -0.25) is 0 Å². The smallest absolute Gasteiger partial charge is 0.119 e. The number of likely N-dealkylation sites (tertiary alicyclic amines) is 1. The molecule has 0 unspecified atom stereocenters. The summed E-state index contributed by atoms with van der Waals surface area (Å²) in [5.74, 6) is 0.994. The molecule has 0 bridgehead atoms. The molecule has 1 aromatic rings. The van der Waals surface area contributed by atoms with E-state index in [-0.39, 0.29) is 0 Å². The SMILES string of the molecule is CN(C)CCN(C)Cc1ccc(OCCCN2CCCCC2)cc1. The van der Waals surface area contributed by atoms with Crippen LogP contribution in [0.15, 0.2) is 24.3 Å². The van der Waals surface area contributed by atoms with E-state index < -0.39 is 0 Å². The number of ether oxygens (including phenoxy) is 1. The number of hydrogen-bond acceptors (Lipinski definition) is 4. The van der Waals surface area contributed by atoms with Gasteiger partial charge in [-0.25, -0.2) is 0 Å². The van der Waals surface area contributed by atoms with Crippen molar-refractivity contribution in [2.24, 2.45) is 0 Å². The van der Waals surface area contributed by atoms with Crippen LogP contribution in [0.25, 0.3) is 0 Å². The van der Waals surface area contributed by atoms with Gasteiger partial charge in [-0.05, 0) is 71.2 Å². The molecule has 0 atom stereocenters. The maximum Gasteiger partial charge on any atom is 0.119 e. The fraction of sp³-hybridized carbons (Fsp3) is 0.700. The maximum absolute atomic E-state index is 5.89. The van der Waals surface area contributed by atoms with Gasteiger partial charge in [-0.15, -0.1) is 0 Å². The van der Waals surface area contributed by atoms with E-state index in [0.717, 1.165) is 38.4 Å². The summed E-state index contributed by atoms with van der Waals surface area (Å²) in [6.45, 7) is 7.71. The van der Waals surface area contributed by atoms with Crippen molar-refractivity contribution in [1.82, 2.24) is 14.7 Å². The number of rotatable bonds is 10. The summed E-state index contributed by atoms with van der Waals surface area (Å²) in [6.07, 6.45) is 5.26. The van der Waals surface area contributed by atoms with E-state index in [2.05, 4.69) is 60.1 Å². The lowest BCUT2D eigenvalue weighted by atomic mass is 10.1. The van der Waals surface area contributed by atoms with E-state index in [0.29, 0.717) is 0 Å². The minimum absolute atomic E-state index is 0.818. The first-order valence-electron chi connectivity index (χ1n) is 9.41. The number of hydrogen-bond donors (Lipinski definition) is 0. The topological polar surface area (TPSA) is 19.0 Å². The Hall–Kier alpha value is -1.10. The van der Waals surface area contributed by atoms with Crippen LogP contribution in [0, 0.1) is 0 Å². The van der Waals surface area contributed by atoms with Crippen LogP contribution in [0.5, 0.6) is 5.75 Å². The zero-order chi connectivity index (χ0) is 17.2. The molecule has 0 N–H and O–H groups in total. The van der Waals surface area contributed by atoms with Gasteiger partial charge < -0.3 is 19.4 Å². The average molecular weight is 334 g/mol. The molecule has 0 spiro atoms. The molecule has 1 fully saturated rings. The highest BCUT2D eigenvalue weighted by Gasteiger charge is 2.09. The zero-order valence-electron chi connectivity index (χ0n) is 15.8. The van der Waals surface area contributed by atoms with Gasteiger partial charge in [0.25, 0.3) is 0 Å². The molecule has 1 heterocycles. The standard InChI is InChI=1S/C20H35N3O/c1-21(2)15-16-22(3)18-19-8-10-20(11-9-19)24-17-7-14-23-12-5-4-6-13-23/h8-11H,4-7,12-18H2,1-3H3. The van der Waals surface area contributed by atoms with Gasteiger partial charge in [0.05, 0.1) is 6.61 Å². The molecule has 1 aliphatic heterocycles.